The normalized spacial score (nSPS) is 24.4. The lowest BCUT2D eigenvalue weighted by Gasteiger charge is -2.28. The van der Waals surface area contributed by atoms with Gasteiger partial charge in [-0.3, -0.25) is 9.69 Å². The van der Waals surface area contributed by atoms with Crippen LogP contribution >= 0.6 is 11.6 Å². The van der Waals surface area contributed by atoms with E-state index in [-0.39, 0.29) is 46.1 Å². The minimum absolute atomic E-state index is 0.0279. The van der Waals surface area contributed by atoms with Crippen molar-refractivity contribution in [3.63, 3.8) is 0 Å². The van der Waals surface area contributed by atoms with Gasteiger partial charge in [0.15, 0.2) is 9.84 Å². The van der Waals surface area contributed by atoms with Gasteiger partial charge in [-0.1, -0.05) is 25.4 Å². The number of carbonyl (C=O) groups is 1. The van der Waals surface area contributed by atoms with Crippen LogP contribution in [-0.2, 0) is 19.9 Å². The topological polar surface area (TPSA) is 104 Å². The molecule has 2 unspecified atom stereocenters. The maximum absolute atomic E-state index is 12.9. The molecule has 0 radical (unpaired) electrons. The zero-order chi connectivity index (χ0) is 22.1. The molecule has 0 spiro atoms. The summed E-state index contributed by atoms with van der Waals surface area (Å²) in [5, 5.41) is 2.86. The monoisotopic (exact) mass is 477 g/mol. The Morgan fingerprint density at radius 1 is 1.20 bits per heavy atom. The van der Waals surface area contributed by atoms with E-state index in [2.05, 4.69) is 10.2 Å². The molecule has 1 amide bonds. The second kappa shape index (κ2) is 9.12. The van der Waals surface area contributed by atoms with E-state index < -0.39 is 31.8 Å². The second-order valence-corrected chi connectivity index (χ2v) is 12.2. The maximum atomic E-state index is 12.9. The predicted molar refractivity (Wildman–Crippen MR) is 116 cm³/mol. The number of hydrogen-bond donors (Lipinski definition) is 1. The Bertz CT molecular complexity index is 1000. The predicted octanol–water partition coefficient (Wildman–Crippen LogP) is 1.36. The minimum atomic E-state index is -3.84. The Hall–Kier alpha value is -1.20. The maximum Gasteiger partial charge on any atom is 0.251 e. The van der Waals surface area contributed by atoms with Crippen LogP contribution in [0.4, 0.5) is 0 Å². The van der Waals surface area contributed by atoms with Crippen LogP contribution in [0.2, 0.25) is 5.02 Å². The number of nitrogens with zero attached hydrogens (tertiary/aromatic N) is 2. The Kier molecular flexibility index (Phi) is 7.13. The molecule has 2 aliphatic heterocycles. The summed E-state index contributed by atoms with van der Waals surface area (Å²) >= 11 is 6.14. The zero-order valence-electron chi connectivity index (χ0n) is 17.2. The highest BCUT2D eigenvalue weighted by atomic mass is 35.5. The number of nitrogens with one attached hydrogen (secondary N) is 1. The highest BCUT2D eigenvalue weighted by Crippen LogP contribution is 2.27. The molecule has 2 heterocycles. The van der Waals surface area contributed by atoms with E-state index in [1.807, 2.05) is 0 Å². The van der Waals surface area contributed by atoms with Crippen molar-refractivity contribution < 1.29 is 21.6 Å². The first-order valence-corrected chi connectivity index (χ1v) is 13.8. The van der Waals surface area contributed by atoms with Crippen LogP contribution in [0.25, 0.3) is 0 Å². The molecule has 8 nitrogen and oxygen atoms in total. The molecule has 11 heteroatoms. The van der Waals surface area contributed by atoms with Gasteiger partial charge < -0.3 is 5.32 Å². The first kappa shape index (κ1) is 23.5. The molecule has 168 valence electrons. The van der Waals surface area contributed by atoms with E-state index in [0.717, 1.165) is 25.9 Å². The minimum Gasteiger partial charge on any atom is -0.347 e. The molecule has 1 aromatic carbocycles. The number of halogens is 1. The Labute approximate surface area is 183 Å². The van der Waals surface area contributed by atoms with Gasteiger partial charge in [0.1, 0.15) is 4.90 Å². The molecule has 0 saturated carbocycles. The molecule has 30 heavy (non-hydrogen) atoms. The fraction of sp³-hybridized carbons (Fsp3) is 0.632. The van der Waals surface area contributed by atoms with E-state index >= 15 is 0 Å². The van der Waals surface area contributed by atoms with Gasteiger partial charge >= 0.3 is 0 Å². The molecule has 3 rings (SSSR count). The van der Waals surface area contributed by atoms with Crippen LogP contribution in [-0.4, -0.2) is 81.7 Å². The van der Waals surface area contributed by atoms with E-state index in [9.17, 15) is 21.6 Å². The van der Waals surface area contributed by atoms with Crippen molar-refractivity contribution in [2.75, 3.05) is 37.7 Å². The summed E-state index contributed by atoms with van der Waals surface area (Å²) in [5.41, 5.74) is 0.134. The number of sulfone groups is 1. The molecular formula is C19H28ClN3O5S2. The van der Waals surface area contributed by atoms with Crippen LogP contribution in [0.3, 0.4) is 0 Å². The summed E-state index contributed by atoms with van der Waals surface area (Å²) in [4.78, 5) is 14.9. The lowest BCUT2D eigenvalue weighted by molar-refractivity contribution is 0.0918. The summed E-state index contributed by atoms with van der Waals surface area (Å²) in [6.45, 7) is 5.65. The van der Waals surface area contributed by atoms with E-state index in [1.165, 1.54) is 22.5 Å². The number of benzene rings is 1. The molecule has 2 atom stereocenters. The zero-order valence-corrected chi connectivity index (χ0v) is 19.6. The van der Waals surface area contributed by atoms with E-state index in [4.69, 9.17) is 11.6 Å². The van der Waals surface area contributed by atoms with Gasteiger partial charge in [-0.25, -0.2) is 16.8 Å². The molecule has 2 fully saturated rings. The van der Waals surface area contributed by atoms with Gasteiger partial charge in [-0.15, -0.1) is 0 Å². The highest BCUT2D eigenvalue weighted by Gasteiger charge is 2.42. The second-order valence-electron chi connectivity index (χ2n) is 7.70. The van der Waals surface area contributed by atoms with Gasteiger partial charge in [-0.05, 0) is 44.1 Å². The number of sulfonamides is 1. The molecular weight excluding hydrogens is 450 g/mol. The van der Waals surface area contributed by atoms with Crippen molar-refractivity contribution in [2.45, 2.75) is 43.7 Å². The smallest absolute Gasteiger partial charge is 0.251 e. The van der Waals surface area contributed by atoms with Crippen LogP contribution < -0.4 is 5.32 Å². The number of carbonyl (C=O) groups excluding carboxylic acids is 1. The number of amides is 1. The molecule has 2 aliphatic rings. The summed E-state index contributed by atoms with van der Waals surface area (Å²) in [6, 6.07) is 3.31. The lowest BCUT2D eigenvalue weighted by atomic mass is 10.1. The SMILES string of the molecule is CCN(CC)S(=O)(=O)c1cc(C(=O)NC2CS(=O)(=O)CC2N2CCCC2)ccc1Cl. The number of likely N-dealkylation sites (tertiary alicyclic amines) is 1. The van der Waals surface area contributed by atoms with Crippen molar-refractivity contribution >= 4 is 37.4 Å². The third kappa shape index (κ3) is 4.83. The van der Waals surface area contributed by atoms with Gasteiger partial charge in [0, 0.05) is 24.7 Å². The molecule has 1 aromatic rings. The third-order valence-corrected chi connectivity index (χ3v) is 10.0. The molecule has 0 aromatic heterocycles. The van der Waals surface area contributed by atoms with Crippen LogP contribution in [0.15, 0.2) is 23.1 Å². The van der Waals surface area contributed by atoms with Crippen molar-refractivity contribution in [3.05, 3.63) is 28.8 Å². The average molecular weight is 478 g/mol. The van der Waals surface area contributed by atoms with Gasteiger partial charge in [0.2, 0.25) is 10.0 Å². The molecule has 2 saturated heterocycles. The Morgan fingerprint density at radius 2 is 1.83 bits per heavy atom. The standard InChI is InChI=1S/C19H28ClN3O5S2/c1-3-23(4-2)30(27,28)18-11-14(7-8-15(18)20)19(24)21-16-12-29(25,26)13-17(16)22-9-5-6-10-22/h7-8,11,16-17H,3-6,9-10,12-13H2,1-2H3,(H,21,24). The average Bonchev–Trinajstić information content (AvgIpc) is 3.30. The lowest BCUT2D eigenvalue weighted by Crippen LogP contribution is -2.50. The third-order valence-electron chi connectivity index (χ3n) is 5.77. The first-order valence-electron chi connectivity index (χ1n) is 10.1. The Morgan fingerprint density at radius 3 is 2.43 bits per heavy atom. The fourth-order valence-corrected chi connectivity index (χ4v) is 8.11. The number of hydrogen-bond acceptors (Lipinski definition) is 6. The molecule has 0 bridgehead atoms. The Balaban J connectivity index is 1.85. The van der Waals surface area contributed by atoms with Crippen molar-refractivity contribution in [1.29, 1.82) is 0 Å². The quantitative estimate of drug-likeness (QED) is 0.636. The highest BCUT2D eigenvalue weighted by molar-refractivity contribution is 7.91. The van der Waals surface area contributed by atoms with Crippen molar-refractivity contribution in [3.8, 4) is 0 Å². The summed E-state index contributed by atoms with van der Waals surface area (Å²) < 4.78 is 51.4. The van der Waals surface area contributed by atoms with Gasteiger partial charge in [0.05, 0.1) is 22.6 Å². The van der Waals surface area contributed by atoms with Crippen LogP contribution in [0.1, 0.15) is 37.0 Å². The largest absolute Gasteiger partial charge is 0.347 e. The molecule has 0 aliphatic carbocycles. The van der Waals surface area contributed by atoms with E-state index in [1.54, 1.807) is 13.8 Å². The first-order chi connectivity index (χ1) is 14.1. The fourth-order valence-electron chi connectivity index (χ4n) is 4.20. The van der Waals surface area contributed by atoms with Crippen molar-refractivity contribution in [1.82, 2.24) is 14.5 Å². The van der Waals surface area contributed by atoms with Gasteiger partial charge in [0.25, 0.3) is 5.91 Å². The summed E-state index contributed by atoms with van der Waals surface area (Å²) in [7, 11) is -7.09. The van der Waals surface area contributed by atoms with E-state index in [0.29, 0.717) is 0 Å². The van der Waals surface area contributed by atoms with Gasteiger partial charge in [-0.2, -0.15) is 4.31 Å². The number of rotatable bonds is 7. The van der Waals surface area contributed by atoms with Crippen LogP contribution in [0, 0.1) is 0 Å². The van der Waals surface area contributed by atoms with Crippen molar-refractivity contribution in [2.24, 2.45) is 0 Å². The molecule has 1 N–H and O–H groups in total. The van der Waals surface area contributed by atoms with Crippen LogP contribution in [0.5, 0.6) is 0 Å². The summed E-state index contributed by atoms with van der Waals surface area (Å²) in [6.07, 6.45) is 2.03. The summed E-state index contributed by atoms with van der Waals surface area (Å²) in [5.74, 6) is -0.591.